The van der Waals surface area contributed by atoms with Gasteiger partial charge in [-0.25, -0.2) is 9.59 Å². The monoisotopic (exact) mass is 421 g/mol. The van der Waals surface area contributed by atoms with Crippen molar-refractivity contribution in [2.45, 2.75) is 13.0 Å². The number of carboxylic acids is 2. The summed E-state index contributed by atoms with van der Waals surface area (Å²) < 4.78 is 21.5. The van der Waals surface area contributed by atoms with Crippen LogP contribution in [0.15, 0.2) is 36.4 Å². The summed E-state index contributed by atoms with van der Waals surface area (Å²) in [5, 5.41) is 18.2. The van der Waals surface area contributed by atoms with Gasteiger partial charge in [-0.05, 0) is 30.7 Å². The van der Waals surface area contributed by atoms with Gasteiger partial charge in [0.05, 0.1) is 28.4 Å². The third-order valence-electron chi connectivity index (χ3n) is 4.05. The molecule has 0 unspecified atom stereocenters. The van der Waals surface area contributed by atoms with Crippen molar-refractivity contribution in [1.82, 2.24) is 5.32 Å². The van der Waals surface area contributed by atoms with Crippen LogP contribution in [0.5, 0.6) is 23.0 Å². The Morgan fingerprint density at radius 2 is 1.30 bits per heavy atom. The standard InChI is InChI=1S/C19H25NO4.C2H2O4/c1-21-16-8-6-5-7-14(16)9-10-20-13-15-11-18(23-3)19(24-4)12-17(15)22-2;3-1(4)2(5)6/h5-8,11-12,20H,9-10,13H2,1-4H3;(H,3,4)(H,5,6). The number of benzene rings is 2. The lowest BCUT2D eigenvalue weighted by Crippen LogP contribution is -2.17. The zero-order valence-corrected chi connectivity index (χ0v) is 17.4. The van der Waals surface area contributed by atoms with E-state index in [2.05, 4.69) is 11.4 Å². The minimum atomic E-state index is -1.82. The minimum absolute atomic E-state index is 0.659. The zero-order valence-electron chi connectivity index (χ0n) is 17.4. The Labute approximate surface area is 175 Å². The fourth-order valence-electron chi connectivity index (χ4n) is 2.59. The molecule has 0 radical (unpaired) electrons. The van der Waals surface area contributed by atoms with Crippen molar-refractivity contribution in [3.8, 4) is 23.0 Å². The molecule has 0 aliphatic carbocycles. The molecule has 0 saturated carbocycles. The van der Waals surface area contributed by atoms with Crippen molar-refractivity contribution in [2.24, 2.45) is 0 Å². The number of para-hydroxylation sites is 1. The van der Waals surface area contributed by atoms with E-state index in [0.717, 1.165) is 30.0 Å². The topological polar surface area (TPSA) is 124 Å². The van der Waals surface area contributed by atoms with Gasteiger partial charge in [0.1, 0.15) is 11.5 Å². The van der Waals surface area contributed by atoms with Crippen molar-refractivity contribution >= 4 is 11.9 Å². The number of nitrogens with one attached hydrogen (secondary N) is 1. The molecule has 164 valence electrons. The molecular formula is C21H27NO8. The third kappa shape index (κ3) is 7.51. The van der Waals surface area contributed by atoms with E-state index in [1.807, 2.05) is 30.3 Å². The summed E-state index contributed by atoms with van der Waals surface area (Å²) >= 11 is 0. The van der Waals surface area contributed by atoms with Crippen LogP contribution < -0.4 is 24.3 Å². The van der Waals surface area contributed by atoms with Crippen molar-refractivity contribution in [3.63, 3.8) is 0 Å². The number of methoxy groups -OCH3 is 4. The fraction of sp³-hybridized carbons (Fsp3) is 0.333. The number of carboxylic acid groups (broad SMARTS) is 2. The Hall–Kier alpha value is -3.46. The van der Waals surface area contributed by atoms with Crippen LogP contribution in [0.1, 0.15) is 11.1 Å². The van der Waals surface area contributed by atoms with Crippen molar-refractivity contribution in [1.29, 1.82) is 0 Å². The van der Waals surface area contributed by atoms with Crippen molar-refractivity contribution < 1.29 is 38.7 Å². The molecule has 0 aliphatic rings. The summed E-state index contributed by atoms with van der Waals surface area (Å²) in [6.45, 7) is 1.51. The molecular weight excluding hydrogens is 394 g/mol. The minimum Gasteiger partial charge on any atom is -0.496 e. The van der Waals surface area contributed by atoms with E-state index in [9.17, 15) is 0 Å². The fourth-order valence-corrected chi connectivity index (χ4v) is 2.59. The van der Waals surface area contributed by atoms with E-state index in [-0.39, 0.29) is 0 Å². The average Bonchev–Trinajstić information content (AvgIpc) is 2.76. The van der Waals surface area contributed by atoms with Gasteiger partial charge in [-0.1, -0.05) is 18.2 Å². The lowest BCUT2D eigenvalue weighted by molar-refractivity contribution is -0.159. The number of aliphatic carboxylic acids is 2. The molecule has 0 aliphatic heterocycles. The van der Waals surface area contributed by atoms with E-state index in [4.69, 9.17) is 38.7 Å². The van der Waals surface area contributed by atoms with E-state index >= 15 is 0 Å². The third-order valence-corrected chi connectivity index (χ3v) is 4.05. The van der Waals surface area contributed by atoms with Crippen LogP contribution in [-0.2, 0) is 22.6 Å². The largest absolute Gasteiger partial charge is 0.496 e. The van der Waals surface area contributed by atoms with Gasteiger partial charge in [0.15, 0.2) is 11.5 Å². The Kier molecular flexibility index (Phi) is 10.6. The Morgan fingerprint density at radius 3 is 1.83 bits per heavy atom. The highest BCUT2D eigenvalue weighted by Crippen LogP contribution is 2.34. The summed E-state index contributed by atoms with van der Waals surface area (Å²) in [5.74, 6) is -0.600. The van der Waals surface area contributed by atoms with Crippen molar-refractivity contribution in [3.05, 3.63) is 47.5 Å². The first kappa shape index (κ1) is 24.6. The van der Waals surface area contributed by atoms with Gasteiger partial charge < -0.3 is 34.5 Å². The first-order valence-corrected chi connectivity index (χ1v) is 8.95. The van der Waals surface area contributed by atoms with Gasteiger partial charge in [-0.3, -0.25) is 0 Å². The van der Waals surface area contributed by atoms with Crippen LogP contribution in [0.25, 0.3) is 0 Å². The Morgan fingerprint density at radius 1 is 0.767 bits per heavy atom. The molecule has 0 heterocycles. The van der Waals surface area contributed by atoms with Gasteiger partial charge in [-0.15, -0.1) is 0 Å². The Bertz CT molecular complexity index is 826. The number of carbonyl (C=O) groups is 2. The highest BCUT2D eigenvalue weighted by Gasteiger charge is 2.11. The van der Waals surface area contributed by atoms with Crippen LogP contribution in [0.3, 0.4) is 0 Å². The number of hydrogen-bond donors (Lipinski definition) is 3. The maximum Gasteiger partial charge on any atom is 0.414 e. The van der Waals surface area contributed by atoms with Crippen LogP contribution in [-0.4, -0.2) is 57.1 Å². The lowest BCUT2D eigenvalue weighted by Gasteiger charge is -2.15. The molecule has 3 N–H and O–H groups in total. The molecule has 0 atom stereocenters. The molecule has 0 aromatic heterocycles. The Balaban J connectivity index is 0.000000656. The van der Waals surface area contributed by atoms with Gasteiger partial charge in [0, 0.05) is 18.2 Å². The maximum absolute atomic E-state index is 9.10. The molecule has 9 nitrogen and oxygen atoms in total. The number of hydrogen-bond acceptors (Lipinski definition) is 7. The van der Waals surface area contributed by atoms with Crippen LogP contribution >= 0.6 is 0 Å². The van der Waals surface area contributed by atoms with E-state index in [1.165, 1.54) is 5.56 Å². The molecule has 0 fully saturated rings. The van der Waals surface area contributed by atoms with Gasteiger partial charge >= 0.3 is 11.9 Å². The zero-order chi connectivity index (χ0) is 22.5. The smallest absolute Gasteiger partial charge is 0.414 e. The average molecular weight is 421 g/mol. The first-order chi connectivity index (χ1) is 14.4. The molecule has 9 heteroatoms. The number of rotatable bonds is 9. The molecule has 0 spiro atoms. The van der Waals surface area contributed by atoms with Gasteiger partial charge in [0.25, 0.3) is 0 Å². The second kappa shape index (κ2) is 12.9. The molecule has 30 heavy (non-hydrogen) atoms. The molecule has 0 bridgehead atoms. The second-order valence-electron chi connectivity index (χ2n) is 5.87. The second-order valence-corrected chi connectivity index (χ2v) is 5.87. The predicted octanol–water partition coefficient (Wildman–Crippen LogP) is 2.21. The first-order valence-electron chi connectivity index (χ1n) is 8.95. The lowest BCUT2D eigenvalue weighted by atomic mass is 10.1. The predicted molar refractivity (Wildman–Crippen MR) is 110 cm³/mol. The van der Waals surface area contributed by atoms with Crippen LogP contribution in [0, 0.1) is 0 Å². The molecule has 2 aromatic carbocycles. The number of ether oxygens (including phenoxy) is 4. The summed E-state index contributed by atoms with van der Waals surface area (Å²) in [6, 6.07) is 11.8. The summed E-state index contributed by atoms with van der Waals surface area (Å²) in [6.07, 6.45) is 0.889. The van der Waals surface area contributed by atoms with Crippen LogP contribution in [0.4, 0.5) is 0 Å². The van der Waals surface area contributed by atoms with E-state index in [0.29, 0.717) is 18.0 Å². The van der Waals surface area contributed by atoms with E-state index in [1.54, 1.807) is 28.4 Å². The quantitative estimate of drug-likeness (QED) is 0.413. The molecule has 2 aromatic rings. The maximum atomic E-state index is 9.10. The molecule has 2 rings (SSSR count). The van der Waals surface area contributed by atoms with Crippen molar-refractivity contribution in [2.75, 3.05) is 35.0 Å². The highest BCUT2D eigenvalue weighted by atomic mass is 16.5. The van der Waals surface area contributed by atoms with Gasteiger partial charge in [0.2, 0.25) is 0 Å². The van der Waals surface area contributed by atoms with E-state index < -0.39 is 11.9 Å². The summed E-state index contributed by atoms with van der Waals surface area (Å²) in [7, 11) is 6.59. The molecule has 0 saturated heterocycles. The van der Waals surface area contributed by atoms with Crippen LogP contribution in [0.2, 0.25) is 0 Å². The van der Waals surface area contributed by atoms with Gasteiger partial charge in [-0.2, -0.15) is 0 Å². The SMILES string of the molecule is COc1ccccc1CCNCc1cc(OC)c(OC)cc1OC.O=C(O)C(=O)O. The highest BCUT2D eigenvalue weighted by molar-refractivity contribution is 6.27. The normalized spacial score (nSPS) is 9.73. The summed E-state index contributed by atoms with van der Waals surface area (Å²) in [5.41, 5.74) is 2.21. The molecule has 0 amide bonds. The summed E-state index contributed by atoms with van der Waals surface area (Å²) in [4.78, 5) is 18.2.